The molecule has 0 fully saturated rings. The molecule has 5 nitrogen and oxygen atoms in total. The molecule has 17 heavy (non-hydrogen) atoms. The standard InChI is InChI=1S/C8H10F3NO4S/c1-6(13)12-4-2-7(3-5-12)16-17(14,15)8(9,10)11/h2H,3-5H2,1H3. The Morgan fingerprint density at radius 3 is 2.41 bits per heavy atom. The molecule has 1 rings (SSSR count). The van der Waals surface area contributed by atoms with Gasteiger partial charge in [0.15, 0.2) is 0 Å². The first-order valence-corrected chi connectivity index (χ1v) is 5.99. The van der Waals surface area contributed by atoms with Gasteiger partial charge in [-0.3, -0.25) is 4.79 Å². The van der Waals surface area contributed by atoms with Crippen molar-refractivity contribution in [2.45, 2.75) is 18.9 Å². The molecule has 1 heterocycles. The molecule has 1 aliphatic rings. The zero-order chi connectivity index (χ0) is 13.3. The van der Waals surface area contributed by atoms with Crippen molar-refractivity contribution in [3.05, 3.63) is 11.8 Å². The van der Waals surface area contributed by atoms with Gasteiger partial charge in [-0.1, -0.05) is 0 Å². The summed E-state index contributed by atoms with van der Waals surface area (Å²) in [4.78, 5) is 12.3. The highest BCUT2D eigenvalue weighted by atomic mass is 32.2. The Balaban J connectivity index is 2.71. The summed E-state index contributed by atoms with van der Waals surface area (Å²) >= 11 is 0. The van der Waals surface area contributed by atoms with Crippen molar-refractivity contribution in [2.75, 3.05) is 13.1 Å². The molecule has 0 spiro atoms. The number of nitrogens with zero attached hydrogens (tertiary/aromatic N) is 1. The van der Waals surface area contributed by atoms with Crippen molar-refractivity contribution in [1.82, 2.24) is 4.90 Å². The van der Waals surface area contributed by atoms with E-state index in [-0.39, 0.29) is 31.2 Å². The van der Waals surface area contributed by atoms with Gasteiger partial charge >= 0.3 is 15.6 Å². The lowest BCUT2D eigenvalue weighted by molar-refractivity contribution is -0.128. The first kappa shape index (κ1) is 13.8. The molecule has 0 aromatic carbocycles. The number of rotatable bonds is 2. The first-order chi connectivity index (χ1) is 7.63. The maximum atomic E-state index is 12.0. The van der Waals surface area contributed by atoms with E-state index in [1.54, 1.807) is 0 Å². The fraction of sp³-hybridized carbons (Fsp3) is 0.625. The summed E-state index contributed by atoms with van der Waals surface area (Å²) in [6.07, 6.45) is 1.09. The van der Waals surface area contributed by atoms with Crippen molar-refractivity contribution in [2.24, 2.45) is 0 Å². The van der Waals surface area contributed by atoms with Crippen LogP contribution in [0.15, 0.2) is 11.8 Å². The Morgan fingerprint density at radius 2 is 2.06 bits per heavy atom. The van der Waals surface area contributed by atoms with Gasteiger partial charge in [0.05, 0.1) is 0 Å². The van der Waals surface area contributed by atoms with E-state index < -0.39 is 15.6 Å². The minimum atomic E-state index is -5.61. The van der Waals surface area contributed by atoms with Gasteiger partial charge in [-0.25, -0.2) is 0 Å². The van der Waals surface area contributed by atoms with Crippen LogP contribution < -0.4 is 0 Å². The second kappa shape index (κ2) is 4.55. The number of alkyl halides is 3. The number of halogens is 3. The molecule has 0 N–H and O–H groups in total. The molecule has 0 radical (unpaired) electrons. The van der Waals surface area contributed by atoms with Crippen LogP contribution in [0.3, 0.4) is 0 Å². The maximum Gasteiger partial charge on any atom is 0.534 e. The molecule has 0 bridgehead atoms. The van der Waals surface area contributed by atoms with E-state index in [4.69, 9.17) is 0 Å². The van der Waals surface area contributed by atoms with Crippen LogP contribution in [-0.4, -0.2) is 37.8 Å². The van der Waals surface area contributed by atoms with Crippen LogP contribution >= 0.6 is 0 Å². The summed E-state index contributed by atoms with van der Waals surface area (Å²) in [7, 11) is -5.61. The van der Waals surface area contributed by atoms with E-state index in [1.807, 2.05) is 0 Å². The SMILES string of the molecule is CC(=O)N1CC=C(OS(=O)(=O)C(F)(F)F)CC1. The molecule has 1 aliphatic heterocycles. The number of amides is 1. The van der Waals surface area contributed by atoms with E-state index >= 15 is 0 Å². The fourth-order valence-corrected chi connectivity index (χ4v) is 1.73. The van der Waals surface area contributed by atoms with E-state index in [2.05, 4.69) is 4.18 Å². The van der Waals surface area contributed by atoms with Gasteiger partial charge in [0.1, 0.15) is 5.76 Å². The molecule has 0 aromatic heterocycles. The van der Waals surface area contributed by atoms with Crippen molar-refractivity contribution in [1.29, 1.82) is 0 Å². The van der Waals surface area contributed by atoms with E-state index in [9.17, 15) is 26.4 Å². The van der Waals surface area contributed by atoms with Gasteiger partial charge in [-0.2, -0.15) is 21.6 Å². The largest absolute Gasteiger partial charge is 0.534 e. The molecular formula is C8H10F3NO4S. The molecule has 0 aliphatic carbocycles. The van der Waals surface area contributed by atoms with E-state index in [0.29, 0.717) is 0 Å². The number of hydrogen-bond acceptors (Lipinski definition) is 4. The Hall–Kier alpha value is -1.25. The third kappa shape index (κ3) is 3.35. The Kier molecular flexibility index (Phi) is 3.70. The van der Waals surface area contributed by atoms with Crippen LogP contribution in [0.5, 0.6) is 0 Å². The molecule has 0 unspecified atom stereocenters. The predicted octanol–water partition coefficient (Wildman–Crippen LogP) is 0.989. The average Bonchev–Trinajstić information content (AvgIpc) is 2.16. The van der Waals surface area contributed by atoms with Crippen LogP contribution in [0.1, 0.15) is 13.3 Å². The Labute approximate surface area is 96.0 Å². The van der Waals surface area contributed by atoms with Crippen molar-refractivity contribution in [3.8, 4) is 0 Å². The maximum absolute atomic E-state index is 12.0. The first-order valence-electron chi connectivity index (χ1n) is 4.59. The zero-order valence-corrected chi connectivity index (χ0v) is 9.64. The lowest BCUT2D eigenvalue weighted by atomic mass is 10.2. The molecule has 0 saturated heterocycles. The summed E-state index contributed by atoms with van der Waals surface area (Å²) < 4.78 is 61.2. The summed E-state index contributed by atoms with van der Waals surface area (Å²) in [5, 5.41) is 0. The molecular weight excluding hydrogens is 263 g/mol. The van der Waals surface area contributed by atoms with Gasteiger partial charge in [-0.05, 0) is 6.08 Å². The van der Waals surface area contributed by atoms with Crippen LogP contribution in [0.25, 0.3) is 0 Å². The van der Waals surface area contributed by atoms with Crippen LogP contribution in [0.2, 0.25) is 0 Å². The van der Waals surface area contributed by atoms with Gasteiger partial charge in [0, 0.05) is 26.4 Å². The number of hydrogen-bond donors (Lipinski definition) is 0. The lowest BCUT2D eigenvalue weighted by Gasteiger charge is -2.24. The molecule has 9 heteroatoms. The molecule has 98 valence electrons. The van der Waals surface area contributed by atoms with Gasteiger partial charge in [0.25, 0.3) is 0 Å². The van der Waals surface area contributed by atoms with E-state index in [0.717, 1.165) is 6.08 Å². The number of carbonyl (C=O) groups is 1. The van der Waals surface area contributed by atoms with Crippen molar-refractivity contribution < 1.29 is 30.6 Å². The van der Waals surface area contributed by atoms with Crippen LogP contribution in [0.4, 0.5) is 13.2 Å². The highest BCUT2D eigenvalue weighted by Gasteiger charge is 2.48. The van der Waals surface area contributed by atoms with E-state index in [1.165, 1.54) is 11.8 Å². The van der Waals surface area contributed by atoms with Gasteiger partial charge < -0.3 is 9.08 Å². The van der Waals surface area contributed by atoms with Crippen LogP contribution in [-0.2, 0) is 19.1 Å². The molecule has 0 saturated carbocycles. The summed E-state index contributed by atoms with van der Waals surface area (Å²) in [5.74, 6) is -0.529. The summed E-state index contributed by atoms with van der Waals surface area (Å²) in [6, 6.07) is 0. The highest BCUT2D eigenvalue weighted by Crippen LogP contribution is 2.28. The van der Waals surface area contributed by atoms with Crippen molar-refractivity contribution in [3.63, 3.8) is 0 Å². The Bertz CT molecular complexity index is 440. The second-order valence-electron chi connectivity index (χ2n) is 3.37. The molecule has 1 amide bonds. The third-order valence-corrected chi connectivity index (χ3v) is 3.11. The minimum absolute atomic E-state index is 0.0397. The number of carbonyl (C=O) groups excluding carboxylic acids is 1. The quantitative estimate of drug-likeness (QED) is 0.556. The van der Waals surface area contributed by atoms with Gasteiger partial charge in [-0.15, -0.1) is 0 Å². The predicted molar refractivity (Wildman–Crippen MR) is 51.0 cm³/mol. The molecule has 0 aromatic rings. The zero-order valence-electron chi connectivity index (χ0n) is 8.82. The fourth-order valence-electron chi connectivity index (χ4n) is 1.20. The third-order valence-electron chi connectivity index (χ3n) is 2.11. The monoisotopic (exact) mass is 273 g/mol. The Morgan fingerprint density at radius 1 is 1.47 bits per heavy atom. The summed E-state index contributed by atoms with van der Waals surface area (Å²) in [5.41, 5.74) is -5.44. The molecule has 0 atom stereocenters. The average molecular weight is 273 g/mol. The van der Waals surface area contributed by atoms with Crippen molar-refractivity contribution >= 4 is 16.0 Å². The lowest BCUT2D eigenvalue weighted by Crippen LogP contribution is -2.34. The topological polar surface area (TPSA) is 63.7 Å². The highest BCUT2D eigenvalue weighted by molar-refractivity contribution is 7.87. The van der Waals surface area contributed by atoms with Crippen LogP contribution in [0, 0.1) is 0 Å². The summed E-state index contributed by atoms with van der Waals surface area (Å²) in [6.45, 7) is 1.48. The van der Waals surface area contributed by atoms with Gasteiger partial charge in [0.2, 0.25) is 5.91 Å². The normalized spacial score (nSPS) is 17.6. The minimum Gasteiger partial charge on any atom is -0.381 e. The smallest absolute Gasteiger partial charge is 0.381 e. The second-order valence-corrected chi connectivity index (χ2v) is 4.91.